The topological polar surface area (TPSA) is 72.7 Å². The van der Waals surface area contributed by atoms with Crippen LogP contribution in [0.15, 0.2) is 41.8 Å². The number of alkyl halides is 3. The molecule has 148 valence electrons. The van der Waals surface area contributed by atoms with E-state index in [4.69, 9.17) is 0 Å². The van der Waals surface area contributed by atoms with Gasteiger partial charge >= 0.3 is 6.18 Å². The van der Waals surface area contributed by atoms with E-state index in [1.54, 1.807) is 17.9 Å². The number of hydrogen-bond acceptors (Lipinski definition) is 5. The van der Waals surface area contributed by atoms with Gasteiger partial charge in [0.1, 0.15) is 11.4 Å². The van der Waals surface area contributed by atoms with Gasteiger partial charge in [-0.15, -0.1) is 0 Å². The van der Waals surface area contributed by atoms with Crippen LogP contribution in [0.1, 0.15) is 19.4 Å². The molecule has 0 saturated heterocycles. The maximum absolute atomic E-state index is 13.2. The molecule has 28 heavy (non-hydrogen) atoms. The second-order valence-corrected chi connectivity index (χ2v) is 7.63. The highest BCUT2D eigenvalue weighted by atomic mass is 32.2. The first-order valence-electron chi connectivity index (χ1n) is 8.45. The molecule has 1 unspecified atom stereocenters. The van der Waals surface area contributed by atoms with E-state index in [9.17, 15) is 18.0 Å². The number of anilines is 1. The summed E-state index contributed by atoms with van der Waals surface area (Å²) < 4.78 is 41.2. The molecule has 10 heteroatoms. The van der Waals surface area contributed by atoms with Crippen LogP contribution in [0.4, 0.5) is 18.9 Å². The van der Waals surface area contributed by atoms with Crippen molar-refractivity contribution in [1.29, 1.82) is 0 Å². The van der Waals surface area contributed by atoms with E-state index in [-0.39, 0.29) is 11.6 Å². The van der Waals surface area contributed by atoms with Crippen molar-refractivity contribution >= 4 is 34.4 Å². The molecule has 1 atom stereocenters. The van der Waals surface area contributed by atoms with Crippen molar-refractivity contribution in [2.24, 2.45) is 13.0 Å². The van der Waals surface area contributed by atoms with Crippen molar-refractivity contribution in [2.45, 2.75) is 30.3 Å². The largest absolute Gasteiger partial charge is 0.418 e. The summed E-state index contributed by atoms with van der Waals surface area (Å²) in [7, 11) is 1.74. The summed E-state index contributed by atoms with van der Waals surface area (Å²) >= 11 is 1.18. The van der Waals surface area contributed by atoms with Gasteiger partial charge in [0.25, 0.3) is 0 Å². The number of rotatable bonds is 5. The van der Waals surface area contributed by atoms with Crippen molar-refractivity contribution in [3.05, 3.63) is 42.4 Å². The molecule has 0 aliphatic carbocycles. The zero-order valence-corrected chi connectivity index (χ0v) is 16.2. The molecule has 2 heterocycles. The molecular formula is C18H18F3N5OS. The summed E-state index contributed by atoms with van der Waals surface area (Å²) in [5.41, 5.74) is -0.532. The average Bonchev–Trinajstić information content (AvgIpc) is 3.01. The molecule has 0 fully saturated rings. The van der Waals surface area contributed by atoms with E-state index in [0.29, 0.717) is 16.1 Å². The lowest BCUT2D eigenvalue weighted by molar-refractivity contribution is -0.137. The minimum absolute atomic E-state index is 0.148. The highest BCUT2D eigenvalue weighted by Gasteiger charge is 2.34. The molecule has 3 rings (SSSR count). The van der Waals surface area contributed by atoms with Crippen LogP contribution >= 0.6 is 11.8 Å². The second kappa shape index (κ2) is 7.78. The lowest BCUT2D eigenvalue weighted by Crippen LogP contribution is -2.30. The molecular weight excluding hydrogens is 391 g/mol. The molecule has 0 bridgehead atoms. The summed E-state index contributed by atoms with van der Waals surface area (Å²) in [5.74, 6) is -0.669. The fourth-order valence-electron chi connectivity index (χ4n) is 2.69. The van der Waals surface area contributed by atoms with Crippen LogP contribution in [-0.2, 0) is 18.0 Å². The Kier molecular flexibility index (Phi) is 5.59. The number of thioether (sulfide) groups is 1. The Hall–Kier alpha value is -2.62. The van der Waals surface area contributed by atoms with Crippen molar-refractivity contribution < 1.29 is 18.0 Å². The molecule has 1 N–H and O–H groups in total. The fraction of sp³-hybridized carbons (Fsp3) is 0.333. The molecule has 0 aliphatic rings. The van der Waals surface area contributed by atoms with Gasteiger partial charge in [-0.2, -0.15) is 18.3 Å². The minimum Gasteiger partial charge on any atom is -0.325 e. The zero-order valence-electron chi connectivity index (χ0n) is 15.4. The number of aryl methyl sites for hydroxylation is 1. The Morgan fingerprint density at radius 1 is 1.21 bits per heavy atom. The van der Waals surface area contributed by atoms with E-state index in [1.165, 1.54) is 36.3 Å². The van der Waals surface area contributed by atoms with Gasteiger partial charge < -0.3 is 5.32 Å². The Balaban J connectivity index is 1.88. The monoisotopic (exact) mass is 409 g/mol. The van der Waals surface area contributed by atoms with Gasteiger partial charge in [-0.1, -0.05) is 37.7 Å². The zero-order chi connectivity index (χ0) is 20.5. The summed E-state index contributed by atoms with van der Waals surface area (Å²) in [5, 5.41) is 7.15. The van der Waals surface area contributed by atoms with Crippen LogP contribution in [0.2, 0.25) is 0 Å². The lowest BCUT2D eigenvalue weighted by Gasteiger charge is -2.21. The second-order valence-electron chi connectivity index (χ2n) is 6.50. The summed E-state index contributed by atoms with van der Waals surface area (Å²) in [6, 6.07) is 4.92. The van der Waals surface area contributed by atoms with Gasteiger partial charge in [0.15, 0.2) is 5.65 Å². The number of amides is 1. The van der Waals surface area contributed by atoms with E-state index in [1.807, 2.05) is 13.8 Å². The SMILES string of the molecule is CC(C)C(Sc1ncnc2c1cnn2C)C(=O)Nc1ccccc1C(F)(F)F. The number of carbonyl (C=O) groups excluding carboxylic acids is 1. The normalized spacial score (nSPS) is 13.1. The highest BCUT2D eigenvalue weighted by molar-refractivity contribution is 8.00. The molecule has 1 aromatic carbocycles. The molecule has 1 amide bonds. The summed E-state index contributed by atoms with van der Waals surface area (Å²) in [4.78, 5) is 21.2. The molecule has 6 nitrogen and oxygen atoms in total. The molecule has 0 spiro atoms. The van der Waals surface area contributed by atoms with Gasteiger partial charge in [0, 0.05) is 7.05 Å². The van der Waals surface area contributed by atoms with Gasteiger partial charge in [0.05, 0.1) is 28.1 Å². The number of aromatic nitrogens is 4. The molecule has 0 aliphatic heterocycles. The van der Waals surface area contributed by atoms with Crippen LogP contribution in [0.3, 0.4) is 0 Å². The van der Waals surface area contributed by atoms with Gasteiger partial charge in [0.2, 0.25) is 5.91 Å². The van der Waals surface area contributed by atoms with Gasteiger partial charge in [-0.3, -0.25) is 9.48 Å². The number of para-hydroxylation sites is 1. The predicted molar refractivity (Wildman–Crippen MR) is 101 cm³/mol. The van der Waals surface area contributed by atoms with E-state index in [2.05, 4.69) is 20.4 Å². The average molecular weight is 409 g/mol. The third-order valence-corrected chi connectivity index (χ3v) is 5.65. The molecule has 2 aromatic heterocycles. The van der Waals surface area contributed by atoms with Gasteiger partial charge in [-0.25, -0.2) is 9.97 Å². The number of carbonyl (C=O) groups is 1. The summed E-state index contributed by atoms with van der Waals surface area (Å²) in [6.45, 7) is 3.66. The molecule has 0 radical (unpaired) electrons. The van der Waals surface area contributed by atoms with Crippen LogP contribution in [-0.4, -0.2) is 30.9 Å². The first kappa shape index (κ1) is 20.1. The molecule has 3 aromatic rings. The number of halogens is 3. The standard InChI is InChI=1S/C18H18F3N5OS/c1-10(2)14(28-17-11-8-24-26(3)15(11)22-9-23-17)16(27)25-13-7-5-4-6-12(13)18(19,20)21/h4-10,14H,1-3H3,(H,25,27). The Morgan fingerprint density at radius 3 is 2.61 bits per heavy atom. The van der Waals surface area contributed by atoms with E-state index < -0.39 is 22.9 Å². The Bertz CT molecular complexity index is 1000. The number of hydrogen-bond donors (Lipinski definition) is 1. The van der Waals surface area contributed by atoms with Crippen molar-refractivity contribution in [3.8, 4) is 0 Å². The lowest BCUT2D eigenvalue weighted by atomic mass is 10.1. The fourth-order valence-corrected chi connectivity index (χ4v) is 3.75. The minimum atomic E-state index is -4.56. The Morgan fingerprint density at radius 2 is 1.93 bits per heavy atom. The predicted octanol–water partition coefficient (Wildman–Crippen LogP) is 4.14. The maximum Gasteiger partial charge on any atom is 0.418 e. The van der Waals surface area contributed by atoms with Gasteiger partial charge in [-0.05, 0) is 18.1 Å². The number of nitrogens with one attached hydrogen (secondary N) is 1. The Labute approximate surface area is 163 Å². The van der Waals surface area contributed by atoms with E-state index in [0.717, 1.165) is 6.07 Å². The van der Waals surface area contributed by atoms with Crippen molar-refractivity contribution in [1.82, 2.24) is 19.7 Å². The van der Waals surface area contributed by atoms with Crippen LogP contribution in [0.25, 0.3) is 11.0 Å². The van der Waals surface area contributed by atoms with Crippen molar-refractivity contribution in [3.63, 3.8) is 0 Å². The van der Waals surface area contributed by atoms with Crippen molar-refractivity contribution in [2.75, 3.05) is 5.32 Å². The molecule has 0 saturated carbocycles. The van der Waals surface area contributed by atoms with E-state index >= 15 is 0 Å². The summed E-state index contributed by atoms with van der Waals surface area (Å²) in [6.07, 6.45) is -1.58. The quantitative estimate of drug-likeness (QED) is 0.507. The number of nitrogens with zero attached hydrogens (tertiary/aromatic N) is 4. The smallest absolute Gasteiger partial charge is 0.325 e. The highest BCUT2D eigenvalue weighted by Crippen LogP contribution is 2.36. The number of benzene rings is 1. The van der Waals surface area contributed by atoms with Crippen LogP contribution in [0, 0.1) is 5.92 Å². The maximum atomic E-state index is 13.2. The first-order chi connectivity index (χ1) is 13.2. The third kappa shape index (κ3) is 4.11. The third-order valence-electron chi connectivity index (χ3n) is 4.09. The van der Waals surface area contributed by atoms with Crippen LogP contribution in [0.5, 0.6) is 0 Å². The number of fused-ring (bicyclic) bond motifs is 1. The van der Waals surface area contributed by atoms with Crippen LogP contribution < -0.4 is 5.32 Å². The first-order valence-corrected chi connectivity index (χ1v) is 9.33.